The van der Waals surface area contributed by atoms with E-state index in [-0.39, 0.29) is 5.91 Å². The number of aromatic nitrogens is 2. The van der Waals surface area contributed by atoms with E-state index in [0.29, 0.717) is 18.5 Å². The van der Waals surface area contributed by atoms with Crippen LogP contribution in [0.1, 0.15) is 41.7 Å². The zero-order valence-corrected chi connectivity index (χ0v) is 11.3. The quantitative estimate of drug-likeness (QED) is 0.871. The van der Waals surface area contributed by atoms with Gasteiger partial charge in [0.05, 0.1) is 11.8 Å². The molecule has 1 aliphatic rings. The summed E-state index contributed by atoms with van der Waals surface area (Å²) < 4.78 is 1.63. The summed E-state index contributed by atoms with van der Waals surface area (Å²) in [7, 11) is 1.77. The number of nitrogens with zero attached hydrogens (tertiary/aromatic N) is 3. The lowest BCUT2D eigenvalue weighted by atomic mass is 10.1. The second-order valence-electron chi connectivity index (χ2n) is 4.97. The SMILES string of the molecule is Cc1c(C(=O)N2CCCCCC2C(=O)O)cnn1C. The van der Waals surface area contributed by atoms with Gasteiger partial charge in [-0.05, 0) is 19.8 Å². The van der Waals surface area contributed by atoms with Crippen molar-refractivity contribution < 1.29 is 14.7 Å². The minimum absolute atomic E-state index is 0.222. The van der Waals surface area contributed by atoms with Crippen LogP contribution in [0.2, 0.25) is 0 Å². The molecule has 6 nitrogen and oxygen atoms in total. The van der Waals surface area contributed by atoms with Crippen molar-refractivity contribution in [3.05, 3.63) is 17.5 Å². The maximum absolute atomic E-state index is 12.5. The van der Waals surface area contributed by atoms with Crippen LogP contribution in [0, 0.1) is 6.92 Å². The van der Waals surface area contributed by atoms with Crippen molar-refractivity contribution in [1.82, 2.24) is 14.7 Å². The van der Waals surface area contributed by atoms with Crippen LogP contribution < -0.4 is 0 Å². The van der Waals surface area contributed by atoms with Gasteiger partial charge in [0.1, 0.15) is 6.04 Å². The Hall–Kier alpha value is -1.85. The van der Waals surface area contributed by atoms with Crippen LogP contribution in [0.25, 0.3) is 0 Å². The molecule has 1 aliphatic heterocycles. The third kappa shape index (κ3) is 2.62. The van der Waals surface area contributed by atoms with E-state index in [1.165, 1.54) is 11.1 Å². The second kappa shape index (κ2) is 5.42. The van der Waals surface area contributed by atoms with Crippen LogP contribution in [-0.4, -0.2) is 44.3 Å². The number of hydrogen-bond donors (Lipinski definition) is 1. The summed E-state index contributed by atoms with van der Waals surface area (Å²) in [5, 5.41) is 13.3. The molecule has 1 fully saturated rings. The molecule has 1 atom stereocenters. The lowest BCUT2D eigenvalue weighted by Gasteiger charge is -2.26. The maximum atomic E-state index is 12.5. The number of carboxylic acids is 1. The molecule has 0 saturated carbocycles. The number of rotatable bonds is 2. The predicted octanol–water partition coefficient (Wildman–Crippen LogP) is 1.20. The Kier molecular flexibility index (Phi) is 3.87. The Balaban J connectivity index is 2.28. The topological polar surface area (TPSA) is 75.4 Å². The van der Waals surface area contributed by atoms with Crippen LogP contribution in [0.3, 0.4) is 0 Å². The van der Waals surface area contributed by atoms with E-state index < -0.39 is 12.0 Å². The van der Waals surface area contributed by atoms with E-state index in [0.717, 1.165) is 25.0 Å². The van der Waals surface area contributed by atoms with Crippen molar-refractivity contribution >= 4 is 11.9 Å². The Morgan fingerprint density at radius 2 is 2.11 bits per heavy atom. The molecule has 0 radical (unpaired) electrons. The normalized spacial score (nSPS) is 20.1. The van der Waals surface area contributed by atoms with Gasteiger partial charge < -0.3 is 10.0 Å². The molecular formula is C13H19N3O3. The molecule has 0 aliphatic carbocycles. The van der Waals surface area contributed by atoms with Gasteiger partial charge in [-0.1, -0.05) is 12.8 Å². The Labute approximate surface area is 112 Å². The smallest absolute Gasteiger partial charge is 0.326 e. The van der Waals surface area contributed by atoms with Crippen LogP contribution in [-0.2, 0) is 11.8 Å². The Bertz CT molecular complexity index is 495. The van der Waals surface area contributed by atoms with Gasteiger partial charge in [0.2, 0.25) is 0 Å². The van der Waals surface area contributed by atoms with Gasteiger partial charge >= 0.3 is 5.97 Å². The largest absolute Gasteiger partial charge is 0.480 e. The van der Waals surface area contributed by atoms with E-state index in [2.05, 4.69) is 5.10 Å². The molecule has 1 N–H and O–H groups in total. The van der Waals surface area contributed by atoms with E-state index in [9.17, 15) is 14.7 Å². The molecular weight excluding hydrogens is 246 g/mol. The molecule has 0 aromatic carbocycles. The summed E-state index contributed by atoms with van der Waals surface area (Å²) in [6.45, 7) is 2.32. The van der Waals surface area contributed by atoms with E-state index >= 15 is 0 Å². The number of carbonyl (C=O) groups excluding carboxylic acids is 1. The van der Waals surface area contributed by atoms with Gasteiger partial charge in [-0.3, -0.25) is 9.48 Å². The third-order valence-corrected chi connectivity index (χ3v) is 3.76. The summed E-state index contributed by atoms with van der Waals surface area (Å²) in [4.78, 5) is 25.3. The first-order valence-corrected chi connectivity index (χ1v) is 6.54. The number of amides is 1. The second-order valence-corrected chi connectivity index (χ2v) is 4.97. The predicted molar refractivity (Wildman–Crippen MR) is 68.9 cm³/mol. The molecule has 6 heteroatoms. The molecule has 19 heavy (non-hydrogen) atoms. The average Bonchev–Trinajstić information content (AvgIpc) is 2.60. The molecule has 1 aromatic rings. The van der Waals surface area contributed by atoms with Crippen molar-refractivity contribution in [2.45, 2.75) is 38.6 Å². The summed E-state index contributed by atoms with van der Waals surface area (Å²) in [6, 6.07) is -0.713. The fourth-order valence-corrected chi connectivity index (χ4v) is 2.47. The lowest BCUT2D eigenvalue weighted by molar-refractivity contribution is -0.142. The molecule has 0 bridgehead atoms. The first kappa shape index (κ1) is 13.6. The summed E-state index contributed by atoms with van der Waals surface area (Å²) in [6.07, 6.45) is 4.73. The van der Waals surface area contributed by atoms with Crippen molar-refractivity contribution in [1.29, 1.82) is 0 Å². The average molecular weight is 265 g/mol. The first-order chi connectivity index (χ1) is 9.02. The van der Waals surface area contributed by atoms with Crippen molar-refractivity contribution in [3.8, 4) is 0 Å². The fraction of sp³-hybridized carbons (Fsp3) is 0.615. The van der Waals surface area contributed by atoms with Crippen molar-refractivity contribution in [3.63, 3.8) is 0 Å². The summed E-state index contributed by atoms with van der Waals surface area (Å²) >= 11 is 0. The lowest BCUT2D eigenvalue weighted by Crippen LogP contribution is -2.44. The first-order valence-electron chi connectivity index (χ1n) is 6.54. The van der Waals surface area contributed by atoms with Crippen molar-refractivity contribution in [2.75, 3.05) is 6.54 Å². The van der Waals surface area contributed by atoms with Crippen LogP contribution in [0.5, 0.6) is 0 Å². The standard InChI is InChI=1S/C13H19N3O3/c1-9-10(8-14-15(9)2)12(17)16-7-5-3-4-6-11(16)13(18)19/h8,11H,3-7H2,1-2H3,(H,18,19). The highest BCUT2D eigenvalue weighted by molar-refractivity contribution is 5.97. The molecule has 104 valence electrons. The van der Waals surface area contributed by atoms with Gasteiger partial charge in [-0.15, -0.1) is 0 Å². The summed E-state index contributed by atoms with van der Waals surface area (Å²) in [5.74, 6) is -1.14. The molecule has 0 spiro atoms. The van der Waals surface area contributed by atoms with Crippen LogP contribution >= 0.6 is 0 Å². The monoisotopic (exact) mass is 265 g/mol. The van der Waals surface area contributed by atoms with Gasteiger partial charge in [-0.2, -0.15) is 5.10 Å². The molecule has 2 heterocycles. The zero-order valence-electron chi connectivity index (χ0n) is 11.3. The highest BCUT2D eigenvalue weighted by Crippen LogP contribution is 2.20. The highest BCUT2D eigenvalue weighted by atomic mass is 16.4. The Morgan fingerprint density at radius 1 is 1.37 bits per heavy atom. The number of aryl methyl sites for hydroxylation is 1. The number of aliphatic carboxylic acids is 1. The summed E-state index contributed by atoms with van der Waals surface area (Å²) in [5.41, 5.74) is 1.26. The van der Waals surface area contributed by atoms with Gasteiger partial charge in [0.15, 0.2) is 0 Å². The fourth-order valence-electron chi connectivity index (χ4n) is 2.47. The molecule has 1 aromatic heterocycles. The molecule has 1 unspecified atom stereocenters. The minimum atomic E-state index is -0.920. The molecule has 1 saturated heterocycles. The van der Waals surface area contributed by atoms with E-state index in [1.807, 2.05) is 6.92 Å². The van der Waals surface area contributed by atoms with Gasteiger partial charge in [-0.25, -0.2) is 4.79 Å². The van der Waals surface area contributed by atoms with Crippen molar-refractivity contribution in [2.24, 2.45) is 7.05 Å². The van der Waals surface area contributed by atoms with Crippen LogP contribution in [0.4, 0.5) is 0 Å². The zero-order chi connectivity index (χ0) is 14.0. The van der Waals surface area contributed by atoms with Gasteiger partial charge in [0.25, 0.3) is 5.91 Å². The van der Waals surface area contributed by atoms with Crippen LogP contribution in [0.15, 0.2) is 6.20 Å². The van der Waals surface area contributed by atoms with E-state index in [4.69, 9.17) is 0 Å². The van der Waals surface area contributed by atoms with Gasteiger partial charge in [0, 0.05) is 19.3 Å². The number of hydrogen-bond acceptors (Lipinski definition) is 3. The number of likely N-dealkylation sites (tertiary alicyclic amines) is 1. The highest BCUT2D eigenvalue weighted by Gasteiger charge is 2.32. The van der Waals surface area contributed by atoms with E-state index in [1.54, 1.807) is 11.7 Å². The number of carboxylic acid groups (broad SMARTS) is 1. The third-order valence-electron chi connectivity index (χ3n) is 3.76. The molecule has 2 rings (SSSR count). The minimum Gasteiger partial charge on any atom is -0.480 e. The number of carbonyl (C=O) groups is 2. The Morgan fingerprint density at radius 3 is 2.68 bits per heavy atom. The maximum Gasteiger partial charge on any atom is 0.326 e. The molecule has 1 amide bonds.